The number of para-hydroxylation sites is 1. The minimum atomic E-state index is -0.658. The highest BCUT2D eigenvalue weighted by Gasteiger charge is 2.19. The molecule has 1 heterocycles. The molecule has 8 heteroatoms. The van der Waals surface area contributed by atoms with Crippen LogP contribution in [0.1, 0.15) is 12.8 Å². The third-order valence-corrected chi connectivity index (χ3v) is 4.06. The van der Waals surface area contributed by atoms with E-state index in [4.69, 9.17) is 25.8 Å². The van der Waals surface area contributed by atoms with Gasteiger partial charge in [-0.15, -0.1) is 0 Å². The van der Waals surface area contributed by atoms with Crippen molar-refractivity contribution in [1.29, 1.82) is 0 Å². The van der Waals surface area contributed by atoms with Crippen LogP contribution in [0.4, 0.5) is 15.3 Å². The van der Waals surface area contributed by atoms with Gasteiger partial charge in [-0.25, -0.2) is 9.59 Å². The second kappa shape index (κ2) is 9.14. The third-order valence-electron chi connectivity index (χ3n) is 3.84. The molecule has 1 saturated heterocycles. The number of likely N-dealkylation sites (tertiary alicyclic amines) is 1. The average Bonchev–Trinajstić information content (AvgIpc) is 3.16. The van der Waals surface area contributed by atoms with Gasteiger partial charge >= 0.3 is 12.2 Å². The van der Waals surface area contributed by atoms with Crippen molar-refractivity contribution >= 4 is 29.5 Å². The highest BCUT2D eigenvalue weighted by atomic mass is 35.5. The Labute approximate surface area is 161 Å². The molecule has 2 aromatic rings. The van der Waals surface area contributed by atoms with Crippen LogP contribution in [-0.4, -0.2) is 37.0 Å². The predicted molar refractivity (Wildman–Crippen MR) is 100 cm³/mol. The molecule has 0 atom stereocenters. The molecule has 2 amide bonds. The van der Waals surface area contributed by atoms with E-state index in [1.54, 1.807) is 47.4 Å². The fraction of sp³-hybridized carbons (Fsp3) is 0.263. The van der Waals surface area contributed by atoms with Gasteiger partial charge in [0.15, 0.2) is 0 Å². The number of hydrogen-bond donors (Lipinski definition) is 1. The third kappa shape index (κ3) is 5.79. The molecular weight excluding hydrogens is 372 g/mol. The Morgan fingerprint density at radius 1 is 1.04 bits per heavy atom. The topological polar surface area (TPSA) is 77.1 Å². The first-order valence-electron chi connectivity index (χ1n) is 8.49. The van der Waals surface area contributed by atoms with Crippen LogP contribution < -0.4 is 14.8 Å². The zero-order valence-corrected chi connectivity index (χ0v) is 15.3. The molecule has 3 rings (SSSR count). The van der Waals surface area contributed by atoms with Gasteiger partial charge in [-0.05, 0) is 37.1 Å². The monoisotopic (exact) mass is 390 g/mol. The lowest BCUT2D eigenvalue weighted by Crippen LogP contribution is -2.29. The van der Waals surface area contributed by atoms with Crippen LogP contribution in [0.15, 0.2) is 48.5 Å². The van der Waals surface area contributed by atoms with Crippen molar-refractivity contribution in [3.8, 4) is 11.5 Å². The van der Waals surface area contributed by atoms with Crippen LogP contribution in [0.5, 0.6) is 11.5 Å². The smallest absolute Gasteiger partial charge is 0.417 e. The molecule has 142 valence electrons. The summed E-state index contributed by atoms with van der Waals surface area (Å²) in [6.45, 7) is 1.16. The minimum Gasteiger partial charge on any atom is -0.457 e. The largest absolute Gasteiger partial charge is 0.457 e. The van der Waals surface area contributed by atoms with E-state index in [1.807, 2.05) is 6.07 Å². The highest BCUT2D eigenvalue weighted by Crippen LogP contribution is 2.25. The van der Waals surface area contributed by atoms with Crippen molar-refractivity contribution < 1.29 is 23.8 Å². The first kappa shape index (κ1) is 18.8. The SMILES string of the molecule is O=C(Nc1cc(Cl)cc(OCOC(=O)N2CCCC2)c1)Oc1ccccc1. The van der Waals surface area contributed by atoms with E-state index >= 15 is 0 Å². The average molecular weight is 391 g/mol. The predicted octanol–water partition coefficient (Wildman–Crippen LogP) is 4.52. The number of hydrogen-bond acceptors (Lipinski definition) is 5. The highest BCUT2D eigenvalue weighted by molar-refractivity contribution is 6.31. The second-order valence-electron chi connectivity index (χ2n) is 5.87. The number of halogens is 1. The van der Waals surface area contributed by atoms with Gasteiger partial charge in [-0.1, -0.05) is 29.8 Å². The Bertz CT molecular complexity index is 794. The lowest BCUT2D eigenvalue weighted by Gasteiger charge is -2.15. The molecule has 0 saturated carbocycles. The van der Waals surface area contributed by atoms with Crippen molar-refractivity contribution in [2.75, 3.05) is 25.2 Å². The van der Waals surface area contributed by atoms with Crippen molar-refractivity contribution in [3.05, 3.63) is 53.6 Å². The summed E-state index contributed by atoms with van der Waals surface area (Å²) in [5, 5.41) is 2.93. The summed E-state index contributed by atoms with van der Waals surface area (Å²) < 4.78 is 15.6. The van der Waals surface area contributed by atoms with Crippen LogP contribution >= 0.6 is 11.6 Å². The van der Waals surface area contributed by atoms with Gasteiger partial charge in [-0.2, -0.15) is 0 Å². The lowest BCUT2D eigenvalue weighted by atomic mass is 10.3. The number of nitrogens with zero attached hydrogens (tertiary/aromatic N) is 1. The van der Waals surface area contributed by atoms with Gasteiger partial charge in [0.05, 0.1) is 0 Å². The molecule has 1 aliphatic heterocycles. The van der Waals surface area contributed by atoms with Gasteiger partial charge in [0.2, 0.25) is 6.79 Å². The summed E-state index contributed by atoms with van der Waals surface area (Å²) >= 11 is 6.05. The summed E-state index contributed by atoms with van der Waals surface area (Å²) in [6, 6.07) is 13.3. The summed E-state index contributed by atoms with van der Waals surface area (Å²) in [4.78, 5) is 25.4. The quantitative estimate of drug-likeness (QED) is 0.759. The molecule has 1 N–H and O–H groups in total. The number of nitrogens with one attached hydrogen (secondary N) is 1. The summed E-state index contributed by atoms with van der Waals surface area (Å²) in [7, 11) is 0. The van der Waals surface area contributed by atoms with Crippen LogP contribution in [0.2, 0.25) is 5.02 Å². The lowest BCUT2D eigenvalue weighted by molar-refractivity contribution is 0.0391. The molecule has 7 nitrogen and oxygen atoms in total. The molecule has 0 radical (unpaired) electrons. The molecule has 1 fully saturated rings. The van der Waals surface area contributed by atoms with E-state index in [1.165, 1.54) is 0 Å². The molecule has 0 aliphatic carbocycles. The Balaban J connectivity index is 1.52. The zero-order valence-electron chi connectivity index (χ0n) is 14.5. The standard InChI is InChI=1S/C19H19ClN2O5/c20-14-10-15(21-18(23)27-16-6-2-1-3-7-16)12-17(11-14)25-13-26-19(24)22-8-4-5-9-22/h1-3,6-7,10-12H,4-5,8-9,13H2,(H,21,23). The van der Waals surface area contributed by atoms with E-state index in [9.17, 15) is 9.59 Å². The van der Waals surface area contributed by atoms with Crippen molar-refractivity contribution in [1.82, 2.24) is 4.90 Å². The Morgan fingerprint density at radius 3 is 2.52 bits per heavy atom. The molecule has 0 aromatic heterocycles. The van der Waals surface area contributed by atoms with Crippen molar-refractivity contribution in [2.24, 2.45) is 0 Å². The number of anilines is 1. The van der Waals surface area contributed by atoms with Crippen LogP contribution in [0.25, 0.3) is 0 Å². The first-order chi connectivity index (χ1) is 13.1. The summed E-state index contributed by atoms with van der Waals surface area (Å²) in [5.74, 6) is 0.772. The maximum absolute atomic E-state index is 12.0. The number of carbonyl (C=O) groups is 2. The maximum Gasteiger partial charge on any atom is 0.417 e. The second-order valence-corrected chi connectivity index (χ2v) is 6.31. The normalized spacial score (nSPS) is 13.1. The number of amides is 2. The minimum absolute atomic E-state index is 0.246. The van der Waals surface area contributed by atoms with E-state index < -0.39 is 12.2 Å². The molecule has 27 heavy (non-hydrogen) atoms. The zero-order chi connectivity index (χ0) is 19.1. The van der Waals surface area contributed by atoms with E-state index in [-0.39, 0.29) is 6.79 Å². The van der Waals surface area contributed by atoms with Gasteiger partial charge in [0, 0.05) is 29.9 Å². The van der Waals surface area contributed by atoms with Crippen LogP contribution in [0, 0.1) is 0 Å². The van der Waals surface area contributed by atoms with Crippen molar-refractivity contribution in [2.45, 2.75) is 12.8 Å². The molecule has 0 unspecified atom stereocenters. The van der Waals surface area contributed by atoms with E-state index in [2.05, 4.69) is 5.32 Å². The Kier molecular flexibility index (Phi) is 6.38. The number of ether oxygens (including phenoxy) is 3. The molecule has 0 spiro atoms. The first-order valence-corrected chi connectivity index (χ1v) is 8.87. The Morgan fingerprint density at radius 2 is 1.78 bits per heavy atom. The van der Waals surface area contributed by atoms with Gasteiger partial charge in [-0.3, -0.25) is 5.32 Å². The number of carbonyl (C=O) groups excluding carboxylic acids is 2. The van der Waals surface area contributed by atoms with Crippen LogP contribution in [-0.2, 0) is 4.74 Å². The van der Waals surface area contributed by atoms with Crippen molar-refractivity contribution in [3.63, 3.8) is 0 Å². The van der Waals surface area contributed by atoms with Crippen LogP contribution in [0.3, 0.4) is 0 Å². The van der Waals surface area contributed by atoms with Gasteiger partial charge < -0.3 is 19.1 Å². The van der Waals surface area contributed by atoms with Gasteiger partial charge in [0.1, 0.15) is 11.5 Å². The number of benzene rings is 2. The fourth-order valence-electron chi connectivity index (χ4n) is 2.60. The molecular formula is C19H19ClN2O5. The summed E-state index contributed by atoms with van der Waals surface area (Å²) in [6.07, 6.45) is 0.908. The van der Waals surface area contributed by atoms with E-state index in [0.29, 0.717) is 35.3 Å². The maximum atomic E-state index is 12.0. The molecule has 2 aromatic carbocycles. The van der Waals surface area contributed by atoms with Gasteiger partial charge in [0.25, 0.3) is 0 Å². The van der Waals surface area contributed by atoms with E-state index in [0.717, 1.165) is 12.8 Å². The molecule has 0 bridgehead atoms. The molecule has 1 aliphatic rings. The summed E-state index contributed by atoms with van der Waals surface area (Å²) in [5.41, 5.74) is 0.393. The Hall–Kier alpha value is -2.93. The fourth-order valence-corrected chi connectivity index (χ4v) is 2.82. The number of rotatable bonds is 5.